The quantitative estimate of drug-likeness (QED) is 0.870. The van der Waals surface area contributed by atoms with Gasteiger partial charge in [0.25, 0.3) is 5.91 Å². The molecule has 0 unspecified atom stereocenters. The topological polar surface area (TPSA) is 75.9 Å². The van der Waals surface area contributed by atoms with Crippen LogP contribution in [0.15, 0.2) is 12.4 Å². The van der Waals surface area contributed by atoms with Crippen LogP contribution < -0.4 is 10.2 Å². The van der Waals surface area contributed by atoms with Crippen molar-refractivity contribution in [2.24, 2.45) is 0 Å². The molecule has 2 aromatic rings. The first-order valence-electron chi connectivity index (χ1n) is 7.74. The number of hydrogen-bond donors (Lipinski definition) is 1. The Morgan fingerprint density at radius 1 is 1.26 bits per heavy atom. The predicted molar refractivity (Wildman–Crippen MR) is 89.8 cm³/mol. The zero-order chi connectivity index (χ0) is 17.0. The van der Waals surface area contributed by atoms with E-state index in [1.54, 1.807) is 17.3 Å². The van der Waals surface area contributed by atoms with Crippen LogP contribution in [0.3, 0.4) is 0 Å². The Balaban J connectivity index is 1.93. The Labute approximate surface area is 136 Å². The molecule has 124 valence electrons. The molecular formula is C16H24N6O. The molecular weight excluding hydrogens is 292 g/mol. The third-order valence-electron chi connectivity index (χ3n) is 3.79. The van der Waals surface area contributed by atoms with E-state index in [2.05, 4.69) is 34.2 Å². The standard InChI is InChI=1S/C16H24N6O/c1-6-22-12(3)14(11(2)20-22)7-8-17-15(23)13-9-18-16(19-10-13)21(4)5/h9-10H,6-8H2,1-5H3,(H,17,23). The maximum atomic E-state index is 12.1. The van der Waals surface area contributed by atoms with E-state index < -0.39 is 0 Å². The molecule has 1 N–H and O–H groups in total. The summed E-state index contributed by atoms with van der Waals surface area (Å²) in [6.45, 7) is 7.56. The molecule has 7 heteroatoms. The fraction of sp³-hybridized carbons (Fsp3) is 0.500. The summed E-state index contributed by atoms with van der Waals surface area (Å²) in [7, 11) is 3.71. The molecule has 23 heavy (non-hydrogen) atoms. The maximum absolute atomic E-state index is 12.1. The highest BCUT2D eigenvalue weighted by Crippen LogP contribution is 2.13. The van der Waals surface area contributed by atoms with Crippen LogP contribution in [-0.4, -0.2) is 46.3 Å². The lowest BCUT2D eigenvalue weighted by Crippen LogP contribution is -2.26. The number of aryl methyl sites for hydroxylation is 2. The van der Waals surface area contributed by atoms with Gasteiger partial charge >= 0.3 is 0 Å². The van der Waals surface area contributed by atoms with E-state index in [4.69, 9.17) is 0 Å². The largest absolute Gasteiger partial charge is 0.352 e. The van der Waals surface area contributed by atoms with E-state index >= 15 is 0 Å². The first-order chi connectivity index (χ1) is 10.9. The molecule has 0 bridgehead atoms. The van der Waals surface area contributed by atoms with Crippen LogP contribution >= 0.6 is 0 Å². The summed E-state index contributed by atoms with van der Waals surface area (Å²) in [6.07, 6.45) is 3.85. The fourth-order valence-corrected chi connectivity index (χ4v) is 2.48. The Morgan fingerprint density at radius 2 is 1.91 bits per heavy atom. The number of aromatic nitrogens is 4. The van der Waals surface area contributed by atoms with Gasteiger partial charge in [-0.15, -0.1) is 0 Å². The van der Waals surface area contributed by atoms with Gasteiger partial charge in [0, 0.05) is 45.3 Å². The van der Waals surface area contributed by atoms with Crippen LogP contribution in [0, 0.1) is 13.8 Å². The molecule has 2 aromatic heterocycles. The predicted octanol–water partition coefficient (Wildman–Crippen LogP) is 1.35. The van der Waals surface area contributed by atoms with Gasteiger partial charge < -0.3 is 10.2 Å². The third-order valence-corrected chi connectivity index (χ3v) is 3.79. The number of hydrogen-bond acceptors (Lipinski definition) is 5. The summed E-state index contributed by atoms with van der Waals surface area (Å²) < 4.78 is 1.99. The monoisotopic (exact) mass is 316 g/mol. The summed E-state index contributed by atoms with van der Waals surface area (Å²) in [5, 5.41) is 7.40. The number of nitrogens with one attached hydrogen (secondary N) is 1. The molecule has 2 heterocycles. The molecule has 0 radical (unpaired) electrons. The molecule has 0 aliphatic rings. The Hall–Kier alpha value is -2.44. The van der Waals surface area contributed by atoms with Gasteiger partial charge in [0.2, 0.25) is 5.95 Å². The van der Waals surface area contributed by atoms with Crippen molar-refractivity contribution in [2.75, 3.05) is 25.5 Å². The molecule has 0 saturated heterocycles. The summed E-state index contributed by atoms with van der Waals surface area (Å²) >= 11 is 0. The van der Waals surface area contributed by atoms with Gasteiger partial charge in [-0.2, -0.15) is 5.10 Å². The molecule has 0 aromatic carbocycles. The SMILES string of the molecule is CCn1nc(C)c(CCNC(=O)c2cnc(N(C)C)nc2)c1C. The van der Waals surface area contributed by atoms with Crippen LogP contribution in [0.25, 0.3) is 0 Å². The molecule has 0 aliphatic carbocycles. The highest BCUT2D eigenvalue weighted by molar-refractivity contribution is 5.93. The van der Waals surface area contributed by atoms with Crippen molar-refractivity contribution < 1.29 is 4.79 Å². The molecule has 7 nitrogen and oxygen atoms in total. The second-order valence-corrected chi connectivity index (χ2v) is 5.64. The van der Waals surface area contributed by atoms with Crippen LogP contribution in [0.5, 0.6) is 0 Å². The van der Waals surface area contributed by atoms with E-state index in [1.807, 2.05) is 25.7 Å². The number of carbonyl (C=O) groups is 1. The van der Waals surface area contributed by atoms with Gasteiger partial charge in [0.05, 0.1) is 11.3 Å². The second kappa shape index (κ2) is 7.21. The first kappa shape index (κ1) is 16.9. The lowest BCUT2D eigenvalue weighted by atomic mass is 10.1. The van der Waals surface area contributed by atoms with Crippen LogP contribution in [0.4, 0.5) is 5.95 Å². The van der Waals surface area contributed by atoms with Crippen molar-refractivity contribution in [3.8, 4) is 0 Å². The minimum absolute atomic E-state index is 0.159. The third kappa shape index (κ3) is 3.85. The summed E-state index contributed by atoms with van der Waals surface area (Å²) in [5.74, 6) is 0.424. The van der Waals surface area contributed by atoms with Crippen LogP contribution in [-0.2, 0) is 13.0 Å². The lowest BCUT2D eigenvalue weighted by Gasteiger charge is -2.10. The summed E-state index contributed by atoms with van der Waals surface area (Å²) in [4.78, 5) is 22.2. The van der Waals surface area contributed by atoms with Crippen molar-refractivity contribution in [3.05, 3.63) is 34.9 Å². The smallest absolute Gasteiger partial charge is 0.254 e. The van der Waals surface area contributed by atoms with E-state index in [0.29, 0.717) is 18.1 Å². The molecule has 1 amide bonds. The molecule has 0 saturated carbocycles. The van der Waals surface area contributed by atoms with E-state index in [0.717, 1.165) is 24.4 Å². The van der Waals surface area contributed by atoms with Gasteiger partial charge in [-0.1, -0.05) is 0 Å². The number of anilines is 1. The Morgan fingerprint density at radius 3 is 2.43 bits per heavy atom. The molecule has 0 aliphatic heterocycles. The molecule has 0 fully saturated rings. The highest BCUT2D eigenvalue weighted by atomic mass is 16.1. The van der Waals surface area contributed by atoms with E-state index in [-0.39, 0.29) is 5.91 Å². The minimum Gasteiger partial charge on any atom is -0.352 e. The Bertz CT molecular complexity index is 675. The summed E-state index contributed by atoms with van der Waals surface area (Å²) in [6, 6.07) is 0. The lowest BCUT2D eigenvalue weighted by molar-refractivity contribution is 0.0953. The van der Waals surface area contributed by atoms with Gasteiger partial charge in [-0.25, -0.2) is 9.97 Å². The maximum Gasteiger partial charge on any atom is 0.254 e. The number of amides is 1. The van der Waals surface area contributed by atoms with Crippen molar-refractivity contribution in [1.29, 1.82) is 0 Å². The fourth-order valence-electron chi connectivity index (χ4n) is 2.48. The average molecular weight is 316 g/mol. The van der Waals surface area contributed by atoms with Crippen molar-refractivity contribution in [1.82, 2.24) is 25.1 Å². The number of carbonyl (C=O) groups excluding carboxylic acids is 1. The summed E-state index contributed by atoms with van der Waals surface area (Å²) in [5.41, 5.74) is 3.86. The minimum atomic E-state index is -0.159. The average Bonchev–Trinajstić information content (AvgIpc) is 2.82. The second-order valence-electron chi connectivity index (χ2n) is 5.64. The van der Waals surface area contributed by atoms with Gasteiger partial charge in [-0.05, 0) is 32.8 Å². The van der Waals surface area contributed by atoms with Gasteiger partial charge in [0.15, 0.2) is 0 Å². The van der Waals surface area contributed by atoms with Gasteiger partial charge in [-0.3, -0.25) is 9.48 Å². The zero-order valence-electron chi connectivity index (χ0n) is 14.4. The van der Waals surface area contributed by atoms with E-state index in [1.165, 1.54) is 5.56 Å². The van der Waals surface area contributed by atoms with Gasteiger partial charge in [0.1, 0.15) is 0 Å². The van der Waals surface area contributed by atoms with Crippen LogP contribution in [0.2, 0.25) is 0 Å². The highest BCUT2D eigenvalue weighted by Gasteiger charge is 2.12. The van der Waals surface area contributed by atoms with Crippen molar-refractivity contribution in [3.63, 3.8) is 0 Å². The molecule has 2 rings (SSSR count). The van der Waals surface area contributed by atoms with E-state index in [9.17, 15) is 4.79 Å². The van der Waals surface area contributed by atoms with Crippen molar-refractivity contribution >= 4 is 11.9 Å². The first-order valence-corrected chi connectivity index (χ1v) is 7.74. The molecule has 0 atom stereocenters. The van der Waals surface area contributed by atoms with Crippen molar-refractivity contribution in [2.45, 2.75) is 33.7 Å². The number of rotatable bonds is 6. The Kier molecular flexibility index (Phi) is 5.31. The number of nitrogens with zero attached hydrogens (tertiary/aromatic N) is 5. The van der Waals surface area contributed by atoms with Crippen LogP contribution in [0.1, 0.15) is 34.2 Å². The molecule has 0 spiro atoms. The normalized spacial score (nSPS) is 10.7. The zero-order valence-corrected chi connectivity index (χ0v) is 14.4.